The third kappa shape index (κ3) is 2.15. The normalized spacial score (nSPS) is 41.5. The van der Waals surface area contributed by atoms with Gasteiger partial charge in [-0.15, -0.1) is 0 Å². The number of fused-ring (bicyclic) bond motifs is 1. The van der Waals surface area contributed by atoms with E-state index in [9.17, 15) is 14.7 Å². The molecule has 1 heterocycles. The van der Waals surface area contributed by atoms with E-state index in [-0.39, 0.29) is 11.8 Å². The van der Waals surface area contributed by atoms with Crippen molar-refractivity contribution < 1.29 is 14.7 Å². The zero-order valence-corrected chi connectivity index (χ0v) is 11.6. The molecule has 4 heteroatoms. The molecule has 1 saturated heterocycles. The number of carbonyl (C=O) groups excluding carboxylic acids is 1. The van der Waals surface area contributed by atoms with Crippen molar-refractivity contribution in [3.05, 3.63) is 0 Å². The summed E-state index contributed by atoms with van der Waals surface area (Å²) in [5.74, 6) is 0.916. The third-order valence-electron chi connectivity index (χ3n) is 5.47. The second-order valence-corrected chi connectivity index (χ2v) is 6.87. The van der Waals surface area contributed by atoms with E-state index in [0.29, 0.717) is 24.8 Å². The van der Waals surface area contributed by atoms with E-state index in [0.717, 1.165) is 13.0 Å². The maximum atomic E-state index is 12.6. The molecule has 3 unspecified atom stereocenters. The second-order valence-electron chi connectivity index (χ2n) is 6.87. The smallest absolute Gasteiger partial charge is 0.311 e. The molecule has 106 valence electrons. The lowest BCUT2D eigenvalue weighted by molar-refractivity contribution is -0.153. The summed E-state index contributed by atoms with van der Waals surface area (Å²) in [6.45, 7) is 2.92. The summed E-state index contributed by atoms with van der Waals surface area (Å²) < 4.78 is 0. The first-order valence-corrected chi connectivity index (χ1v) is 7.55. The van der Waals surface area contributed by atoms with E-state index in [4.69, 9.17) is 0 Å². The largest absolute Gasteiger partial charge is 0.481 e. The van der Waals surface area contributed by atoms with Crippen LogP contribution in [0.15, 0.2) is 0 Å². The molecule has 0 aromatic heterocycles. The average Bonchev–Trinajstić information content (AvgIpc) is 3.12. The lowest BCUT2D eigenvalue weighted by Crippen LogP contribution is -2.49. The zero-order valence-electron chi connectivity index (χ0n) is 11.6. The number of nitrogens with zero attached hydrogens (tertiary/aromatic N) is 1. The molecule has 0 aromatic carbocycles. The number of amides is 1. The fourth-order valence-corrected chi connectivity index (χ4v) is 4.17. The van der Waals surface area contributed by atoms with Crippen LogP contribution < -0.4 is 0 Å². The van der Waals surface area contributed by atoms with Crippen LogP contribution in [-0.2, 0) is 9.59 Å². The van der Waals surface area contributed by atoms with Gasteiger partial charge >= 0.3 is 5.97 Å². The Kier molecular flexibility index (Phi) is 3.06. The molecule has 4 nitrogen and oxygen atoms in total. The van der Waals surface area contributed by atoms with E-state index in [1.54, 1.807) is 6.92 Å². The molecular weight excluding hydrogens is 242 g/mol. The van der Waals surface area contributed by atoms with Crippen molar-refractivity contribution in [2.75, 3.05) is 13.1 Å². The van der Waals surface area contributed by atoms with Gasteiger partial charge in [0.1, 0.15) is 0 Å². The molecular formula is C15H23NO3. The van der Waals surface area contributed by atoms with Crippen LogP contribution in [0.25, 0.3) is 0 Å². The van der Waals surface area contributed by atoms with Crippen LogP contribution in [0, 0.1) is 23.2 Å². The molecule has 2 aliphatic carbocycles. The van der Waals surface area contributed by atoms with Crippen molar-refractivity contribution in [3.63, 3.8) is 0 Å². The van der Waals surface area contributed by atoms with Gasteiger partial charge in [-0.05, 0) is 44.4 Å². The summed E-state index contributed by atoms with van der Waals surface area (Å²) in [6, 6.07) is 0. The summed E-state index contributed by atoms with van der Waals surface area (Å²) in [5, 5.41) is 9.32. The van der Waals surface area contributed by atoms with Gasteiger partial charge in [0.2, 0.25) is 5.91 Å². The molecule has 0 aromatic rings. The van der Waals surface area contributed by atoms with Gasteiger partial charge in [0, 0.05) is 19.0 Å². The predicted molar refractivity (Wildman–Crippen MR) is 70.5 cm³/mol. The number of likely N-dealkylation sites (tertiary alicyclic amines) is 1. The number of hydrogen-bond acceptors (Lipinski definition) is 2. The molecule has 3 rings (SSSR count). The first kappa shape index (κ1) is 12.9. The Balaban J connectivity index is 1.66. The summed E-state index contributed by atoms with van der Waals surface area (Å²) in [4.78, 5) is 25.7. The van der Waals surface area contributed by atoms with Crippen LogP contribution in [0.5, 0.6) is 0 Å². The maximum Gasteiger partial charge on any atom is 0.311 e. The van der Waals surface area contributed by atoms with Crippen LogP contribution in [0.3, 0.4) is 0 Å². The molecule has 19 heavy (non-hydrogen) atoms. The number of aliphatic carboxylic acids is 1. The quantitative estimate of drug-likeness (QED) is 0.832. The van der Waals surface area contributed by atoms with E-state index in [2.05, 4.69) is 0 Å². The van der Waals surface area contributed by atoms with E-state index in [1.165, 1.54) is 25.7 Å². The highest BCUT2D eigenvalue weighted by Crippen LogP contribution is 2.56. The molecule has 3 aliphatic rings. The monoisotopic (exact) mass is 265 g/mol. The minimum Gasteiger partial charge on any atom is -0.481 e. The van der Waals surface area contributed by atoms with Gasteiger partial charge in [0.05, 0.1) is 5.41 Å². The molecule has 1 amide bonds. The molecule has 1 aliphatic heterocycles. The molecule has 0 bridgehead atoms. The highest BCUT2D eigenvalue weighted by molar-refractivity contribution is 5.84. The fourth-order valence-electron chi connectivity index (χ4n) is 4.17. The van der Waals surface area contributed by atoms with E-state index in [1.807, 2.05) is 4.90 Å². The molecule has 3 atom stereocenters. The SMILES string of the molecule is CC1(C(=O)O)CCCN(C(=O)C2C3CCCCC32)C1. The van der Waals surface area contributed by atoms with Gasteiger partial charge in [-0.1, -0.05) is 12.8 Å². The van der Waals surface area contributed by atoms with Crippen LogP contribution >= 0.6 is 0 Å². The zero-order chi connectivity index (χ0) is 13.6. The molecule has 0 radical (unpaired) electrons. The lowest BCUT2D eigenvalue weighted by Gasteiger charge is -2.37. The number of piperidine rings is 1. The van der Waals surface area contributed by atoms with E-state index < -0.39 is 11.4 Å². The summed E-state index contributed by atoms with van der Waals surface area (Å²) in [6.07, 6.45) is 6.42. The second kappa shape index (κ2) is 4.50. The van der Waals surface area contributed by atoms with Gasteiger partial charge in [-0.2, -0.15) is 0 Å². The predicted octanol–water partition coefficient (Wildman–Crippen LogP) is 2.14. The van der Waals surface area contributed by atoms with Gasteiger partial charge in [0.25, 0.3) is 0 Å². The van der Waals surface area contributed by atoms with Gasteiger partial charge in [-0.25, -0.2) is 0 Å². The minimum atomic E-state index is -0.766. The number of rotatable bonds is 2. The Morgan fingerprint density at radius 1 is 1.16 bits per heavy atom. The fraction of sp³-hybridized carbons (Fsp3) is 0.867. The first-order valence-electron chi connectivity index (χ1n) is 7.55. The van der Waals surface area contributed by atoms with Crippen molar-refractivity contribution in [3.8, 4) is 0 Å². The van der Waals surface area contributed by atoms with Crippen molar-refractivity contribution >= 4 is 11.9 Å². The standard InChI is InChI=1S/C15H23NO3/c1-15(14(18)19)7-4-8-16(9-15)13(17)12-10-5-2-3-6-11(10)12/h10-12H,2-9H2,1H3,(H,18,19). The van der Waals surface area contributed by atoms with Crippen LogP contribution in [0.2, 0.25) is 0 Å². The number of carboxylic acids is 1. The number of hydrogen-bond donors (Lipinski definition) is 1. The minimum absolute atomic E-state index is 0.221. The Hall–Kier alpha value is -1.06. The number of carbonyl (C=O) groups is 2. The molecule has 0 spiro atoms. The van der Waals surface area contributed by atoms with Gasteiger partial charge < -0.3 is 10.0 Å². The van der Waals surface area contributed by atoms with Gasteiger partial charge in [-0.3, -0.25) is 9.59 Å². The van der Waals surface area contributed by atoms with Crippen molar-refractivity contribution in [2.24, 2.45) is 23.2 Å². The van der Waals surface area contributed by atoms with Crippen LogP contribution in [0.4, 0.5) is 0 Å². The first-order chi connectivity index (χ1) is 9.03. The summed E-state index contributed by atoms with van der Waals surface area (Å²) >= 11 is 0. The summed E-state index contributed by atoms with van der Waals surface area (Å²) in [5.41, 5.74) is -0.742. The Morgan fingerprint density at radius 2 is 1.79 bits per heavy atom. The summed E-state index contributed by atoms with van der Waals surface area (Å²) in [7, 11) is 0. The van der Waals surface area contributed by atoms with Crippen LogP contribution in [0.1, 0.15) is 45.4 Å². The Morgan fingerprint density at radius 3 is 2.37 bits per heavy atom. The topological polar surface area (TPSA) is 57.6 Å². The van der Waals surface area contributed by atoms with Crippen molar-refractivity contribution in [1.82, 2.24) is 4.90 Å². The molecule has 3 fully saturated rings. The highest BCUT2D eigenvalue weighted by Gasteiger charge is 2.56. The highest BCUT2D eigenvalue weighted by atomic mass is 16.4. The number of carboxylic acid groups (broad SMARTS) is 1. The van der Waals surface area contributed by atoms with E-state index >= 15 is 0 Å². The molecule has 1 N–H and O–H groups in total. The Labute approximate surface area is 114 Å². The Bertz CT molecular complexity index is 396. The molecule has 2 saturated carbocycles. The lowest BCUT2D eigenvalue weighted by atomic mass is 9.82. The third-order valence-corrected chi connectivity index (χ3v) is 5.47. The maximum absolute atomic E-state index is 12.6. The van der Waals surface area contributed by atoms with Crippen molar-refractivity contribution in [2.45, 2.75) is 45.4 Å². The van der Waals surface area contributed by atoms with Crippen molar-refractivity contribution in [1.29, 1.82) is 0 Å². The van der Waals surface area contributed by atoms with Gasteiger partial charge in [0.15, 0.2) is 0 Å². The average molecular weight is 265 g/mol. The van der Waals surface area contributed by atoms with Crippen LogP contribution in [-0.4, -0.2) is 35.0 Å².